The van der Waals surface area contributed by atoms with Crippen LogP contribution in [0.25, 0.3) is 17.4 Å². The molecule has 1 amide bonds. The van der Waals surface area contributed by atoms with Gasteiger partial charge in [-0.1, -0.05) is 12.1 Å². The molecule has 2 heterocycles. The fourth-order valence-corrected chi connectivity index (χ4v) is 4.00. The van der Waals surface area contributed by atoms with Gasteiger partial charge in [0.2, 0.25) is 10.0 Å². The summed E-state index contributed by atoms with van der Waals surface area (Å²) in [5, 5.41) is 8.98. The summed E-state index contributed by atoms with van der Waals surface area (Å²) in [5.41, 5.74) is -1.45. The van der Waals surface area contributed by atoms with E-state index in [1.807, 2.05) is 0 Å². The maximum atomic E-state index is 13.7. The third kappa shape index (κ3) is 5.68. The molecule has 0 bridgehead atoms. The van der Waals surface area contributed by atoms with Crippen LogP contribution in [-0.2, 0) is 19.6 Å². The molecular formula is C25H20F3N3O6S. The van der Waals surface area contributed by atoms with E-state index in [0.717, 1.165) is 30.3 Å². The van der Waals surface area contributed by atoms with Gasteiger partial charge in [-0.05, 0) is 68.5 Å². The Morgan fingerprint density at radius 3 is 2.24 bits per heavy atom. The molecule has 0 fully saturated rings. The van der Waals surface area contributed by atoms with Gasteiger partial charge in [-0.15, -0.1) is 0 Å². The average molecular weight is 548 g/mol. The summed E-state index contributed by atoms with van der Waals surface area (Å²) in [6.07, 6.45) is -4.33. The number of nitrogens with zero attached hydrogens (tertiary/aromatic N) is 2. The van der Waals surface area contributed by atoms with E-state index < -0.39 is 39.4 Å². The first kappa shape index (κ1) is 26.8. The molecule has 13 heteroatoms. The Kier molecular flexibility index (Phi) is 7.00. The quantitative estimate of drug-likeness (QED) is 0.357. The maximum absolute atomic E-state index is 13.7. The molecule has 0 saturated carbocycles. The normalized spacial score (nSPS) is 15.3. The minimum Gasteiger partial charge on any atom is -0.459 e. The highest BCUT2D eigenvalue weighted by Crippen LogP contribution is 2.34. The molecule has 3 aromatic rings. The number of primary sulfonamides is 1. The zero-order chi connectivity index (χ0) is 27.8. The lowest BCUT2D eigenvalue weighted by molar-refractivity contribution is -0.114. The number of carbonyl (C=O) groups excluding carboxylic acids is 2. The molecule has 2 aromatic carbocycles. The second kappa shape index (κ2) is 9.91. The number of nitrogens with two attached hydrogens (primary N) is 1. The molecule has 198 valence electrons. The Morgan fingerprint density at radius 2 is 1.68 bits per heavy atom. The van der Waals surface area contributed by atoms with Gasteiger partial charge in [-0.3, -0.25) is 4.79 Å². The Balaban J connectivity index is 1.62. The number of amides is 1. The molecule has 0 atom stereocenters. The smallest absolute Gasteiger partial charge is 0.435 e. The number of benzene rings is 2. The molecular weight excluding hydrogens is 527 g/mol. The van der Waals surface area contributed by atoms with Crippen molar-refractivity contribution in [3.8, 4) is 11.3 Å². The molecule has 0 aliphatic carbocycles. The van der Waals surface area contributed by atoms with Crippen molar-refractivity contribution in [2.45, 2.75) is 31.0 Å². The second-order valence-corrected chi connectivity index (χ2v) is 9.96. The van der Waals surface area contributed by atoms with E-state index in [4.69, 9.17) is 14.3 Å². The van der Waals surface area contributed by atoms with Gasteiger partial charge in [0, 0.05) is 5.56 Å². The van der Waals surface area contributed by atoms with Crippen LogP contribution in [0.5, 0.6) is 0 Å². The van der Waals surface area contributed by atoms with E-state index in [1.54, 1.807) is 26.0 Å². The van der Waals surface area contributed by atoms with Crippen LogP contribution in [0.15, 0.2) is 80.7 Å². The van der Waals surface area contributed by atoms with Gasteiger partial charge in [0.25, 0.3) is 5.91 Å². The molecule has 0 unspecified atom stereocenters. The largest absolute Gasteiger partial charge is 0.459 e. The summed E-state index contributed by atoms with van der Waals surface area (Å²) in [7, 11) is -4.04. The number of hydrogen-bond acceptors (Lipinski definition) is 7. The van der Waals surface area contributed by atoms with E-state index in [1.165, 1.54) is 24.3 Å². The van der Waals surface area contributed by atoms with Crippen LogP contribution in [0.3, 0.4) is 0 Å². The average Bonchev–Trinajstić information content (AvgIpc) is 3.43. The van der Waals surface area contributed by atoms with Crippen molar-refractivity contribution in [3.05, 3.63) is 77.6 Å². The standard InChI is InChI=1S/C25H20F3N3O6S/c1-14(2)36-24(33)16-5-3-15(4-6-16)21-12-9-18(37-21)13-20-22(25(26,27)28)30-31(23(20)32)17-7-10-19(11-8-17)38(29,34)35/h3-14H,1-2H3,(H2,29,34,35)/b20-13-. The van der Waals surface area contributed by atoms with Crippen LogP contribution in [-0.4, -0.2) is 38.3 Å². The Bertz CT molecular complexity index is 1550. The third-order valence-electron chi connectivity index (χ3n) is 5.22. The zero-order valence-electron chi connectivity index (χ0n) is 19.9. The van der Waals surface area contributed by atoms with Crippen LogP contribution in [0.4, 0.5) is 18.9 Å². The minimum atomic E-state index is -4.97. The molecule has 1 aliphatic rings. The SMILES string of the molecule is CC(C)OC(=O)c1ccc(-c2ccc(/C=C3\C(=O)N(c4ccc(S(N)(=O)=O)cc4)N=C3C(F)(F)F)o2)cc1. The van der Waals surface area contributed by atoms with Crippen LogP contribution in [0, 0.1) is 0 Å². The maximum Gasteiger partial charge on any atom is 0.435 e. The van der Waals surface area contributed by atoms with E-state index in [0.29, 0.717) is 16.1 Å². The summed E-state index contributed by atoms with van der Waals surface area (Å²) >= 11 is 0. The monoisotopic (exact) mass is 547 g/mol. The number of rotatable bonds is 6. The lowest BCUT2D eigenvalue weighted by atomic mass is 10.1. The molecule has 1 aliphatic heterocycles. The molecule has 38 heavy (non-hydrogen) atoms. The Labute approximate surface area is 215 Å². The number of furan rings is 1. The summed E-state index contributed by atoms with van der Waals surface area (Å²) in [6.45, 7) is 3.44. The summed E-state index contributed by atoms with van der Waals surface area (Å²) in [6, 6.07) is 13.4. The Morgan fingerprint density at radius 1 is 1.05 bits per heavy atom. The van der Waals surface area contributed by atoms with Crippen molar-refractivity contribution in [1.29, 1.82) is 0 Å². The second-order valence-electron chi connectivity index (χ2n) is 8.39. The Hall–Kier alpha value is -4.23. The van der Waals surface area contributed by atoms with Crippen LogP contribution in [0.2, 0.25) is 0 Å². The lowest BCUT2D eigenvalue weighted by Crippen LogP contribution is -2.25. The van der Waals surface area contributed by atoms with Crippen molar-refractivity contribution >= 4 is 39.4 Å². The van der Waals surface area contributed by atoms with E-state index in [-0.39, 0.29) is 28.2 Å². The number of carbonyl (C=O) groups is 2. The number of ether oxygens (including phenoxy) is 1. The number of alkyl halides is 3. The van der Waals surface area contributed by atoms with E-state index >= 15 is 0 Å². The molecule has 9 nitrogen and oxygen atoms in total. The number of hydrazone groups is 1. The lowest BCUT2D eigenvalue weighted by Gasteiger charge is -2.11. The molecule has 0 radical (unpaired) electrons. The van der Waals surface area contributed by atoms with Gasteiger partial charge in [-0.2, -0.15) is 23.3 Å². The highest BCUT2D eigenvalue weighted by Gasteiger charge is 2.47. The van der Waals surface area contributed by atoms with Crippen molar-refractivity contribution in [1.82, 2.24) is 0 Å². The summed E-state index contributed by atoms with van der Waals surface area (Å²) < 4.78 is 74.8. The zero-order valence-corrected chi connectivity index (χ0v) is 20.7. The number of halogens is 3. The summed E-state index contributed by atoms with van der Waals surface area (Å²) in [4.78, 5) is 24.6. The first-order valence-corrected chi connectivity index (χ1v) is 12.5. The fraction of sp³-hybridized carbons (Fsp3) is 0.160. The van der Waals surface area contributed by atoms with Gasteiger partial charge in [0.15, 0.2) is 5.71 Å². The molecule has 4 rings (SSSR count). The third-order valence-corrected chi connectivity index (χ3v) is 6.15. The van der Waals surface area contributed by atoms with Gasteiger partial charge in [0.05, 0.1) is 27.8 Å². The van der Waals surface area contributed by atoms with Crippen molar-refractivity contribution in [3.63, 3.8) is 0 Å². The topological polar surface area (TPSA) is 132 Å². The first-order valence-electron chi connectivity index (χ1n) is 11.0. The van der Waals surface area contributed by atoms with Crippen LogP contribution < -0.4 is 10.1 Å². The molecule has 0 spiro atoms. The predicted octanol–water partition coefficient (Wildman–Crippen LogP) is 4.51. The van der Waals surface area contributed by atoms with Crippen LogP contribution in [0.1, 0.15) is 30.0 Å². The van der Waals surface area contributed by atoms with Crippen molar-refractivity contribution < 1.29 is 40.3 Å². The van der Waals surface area contributed by atoms with E-state index in [2.05, 4.69) is 5.10 Å². The van der Waals surface area contributed by atoms with Gasteiger partial charge in [0.1, 0.15) is 11.5 Å². The van der Waals surface area contributed by atoms with Crippen LogP contribution >= 0.6 is 0 Å². The minimum absolute atomic E-state index is 0.0463. The summed E-state index contributed by atoms with van der Waals surface area (Å²) in [5.74, 6) is -1.35. The van der Waals surface area contributed by atoms with Crippen molar-refractivity contribution in [2.24, 2.45) is 10.2 Å². The van der Waals surface area contributed by atoms with Gasteiger partial charge < -0.3 is 9.15 Å². The predicted molar refractivity (Wildman–Crippen MR) is 131 cm³/mol. The highest BCUT2D eigenvalue weighted by atomic mass is 32.2. The number of sulfonamides is 1. The van der Waals surface area contributed by atoms with E-state index in [9.17, 15) is 31.2 Å². The first-order chi connectivity index (χ1) is 17.7. The van der Waals surface area contributed by atoms with Gasteiger partial charge in [-0.25, -0.2) is 18.4 Å². The molecule has 0 saturated heterocycles. The fourth-order valence-electron chi connectivity index (χ4n) is 3.49. The van der Waals surface area contributed by atoms with Crippen molar-refractivity contribution in [2.75, 3.05) is 5.01 Å². The number of anilines is 1. The number of hydrogen-bond donors (Lipinski definition) is 1. The molecule has 2 N–H and O–H groups in total. The highest BCUT2D eigenvalue weighted by molar-refractivity contribution is 7.89. The molecule has 1 aromatic heterocycles. The number of esters is 1. The van der Waals surface area contributed by atoms with Gasteiger partial charge >= 0.3 is 12.1 Å².